The van der Waals surface area contributed by atoms with E-state index in [1.54, 1.807) is 0 Å². The summed E-state index contributed by atoms with van der Waals surface area (Å²) in [5.41, 5.74) is 3.96. The first-order chi connectivity index (χ1) is 20.1. The van der Waals surface area contributed by atoms with Gasteiger partial charge in [0.25, 0.3) is 0 Å². The maximum atomic E-state index is 14.1. The largest absolute Gasteiger partial charge is 0.405 e. The third-order valence-corrected chi connectivity index (χ3v) is 7.66. The van der Waals surface area contributed by atoms with Crippen molar-refractivity contribution in [3.8, 4) is 11.1 Å². The highest BCUT2D eigenvalue weighted by molar-refractivity contribution is 6.09. The molecule has 0 N–H and O–H groups in total. The molecule has 0 amide bonds. The zero-order valence-electron chi connectivity index (χ0n) is 22.5. The number of hydrogen-bond acceptors (Lipinski definition) is 4. The number of carbonyl (C=O) groups excluding carboxylic acids is 2. The Morgan fingerprint density at radius 1 is 0.634 bits per heavy atom. The molecule has 200 valence electrons. The van der Waals surface area contributed by atoms with Crippen molar-refractivity contribution in [3.05, 3.63) is 168 Å². The van der Waals surface area contributed by atoms with Crippen LogP contribution in [0, 0.1) is 0 Å². The molecule has 0 aliphatic carbocycles. The lowest BCUT2D eigenvalue weighted by atomic mass is 9.72. The average molecular weight is 536 g/mol. The average Bonchev–Trinajstić information content (AvgIpc) is 3.37. The number of Topliss-reactive ketones (excluding diaryl/α,β-unsaturated/α-hetero) is 1. The Labute approximate surface area is 240 Å². The molecule has 0 saturated carbocycles. The summed E-state index contributed by atoms with van der Waals surface area (Å²) in [6, 6.07) is 46.7. The maximum Gasteiger partial charge on any atom is 0.341 e. The Kier molecular flexibility index (Phi) is 7.38. The second kappa shape index (κ2) is 11.6. The number of esters is 1. The molecule has 41 heavy (non-hydrogen) atoms. The number of carbonyl (C=O) groups is 2. The van der Waals surface area contributed by atoms with Crippen molar-refractivity contribution in [2.45, 2.75) is 24.3 Å². The highest BCUT2D eigenvalue weighted by Gasteiger charge is 2.53. The molecular weight excluding hydrogens is 506 g/mol. The van der Waals surface area contributed by atoms with E-state index in [0.717, 1.165) is 27.8 Å². The number of hydrogen-bond donors (Lipinski definition) is 0. The highest BCUT2D eigenvalue weighted by Crippen LogP contribution is 2.43. The molecule has 0 bridgehead atoms. The molecule has 2 atom stereocenters. The van der Waals surface area contributed by atoms with Crippen LogP contribution in [0.1, 0.15) is 39.4 Å². The molecule has 0 fully saturated rings. The first kappa shape index (κ1) is 26.1. The quantitative estimate of drug-likeness (QED) is 0.144. The number of benzene rings is 5. The van der Waals surface area contributed by atoms with Crippen molar-refractivity contribution < 1.29 is 14.3 Å². The van der Waals surface area contributed by atoms with Crippen LogP contribution in [-0.4, -0.2) is 23.2 Å². The number of ketones is 1. The van der Waals surface area contributed by atoms with Gasteiger partial charge in [0.2, 0.25) is 5.90 Å². The topological polar surface area (TPSA) is 55.7 Å². The standard InChI is InChI=1S/C37H29NO3/c39-34(31-17-9-3-10-18-31)25-33(30-23-21-29(22-24-30)28-15-7-2-8-16-28)37(26-27-13-5-1-6-14-27)36(40)41-35(38-37)32-19-11-4-12-20-32/h1-24,33H,25-26H2/t33-,37-/m1/s1. The van der Waals surface area contributed by atoms with Crippen molar-refractivity contribution in [1.29, 1.82) is 0 Å². The molecule has 0 radical (unpaired) electrons. The number of nitrogens with zero attached hydrogens (tertiary/aromatic N) is 1. The molecule has 5 aromatic rings. The Balaban J connectivity index is 1.49. The molecule has 4 heteroatoms. The van der Waals surface area contributed by atoms with Crippen molar-refractivity contribution in [2.75, 3.05) is 0 Å². The minimum Gasteiger partial charge on any atom is -0.405 e. The number of ether oxygens (including phenoxy) is 1. The van der Waals surface area contributed by atoms with Crippen LogP contribution in [0.3, 0.4) is 0 Å². The van der Waals surface area contributed by atoms with Gasteiger partial charge in [-0.2, -0.15) is 0 Å². The summed E-state index contributed by atoms with van der Waals surface area (Å²) in [4.78, 5) is 32.8. The van der Waals surface area contributed by atoms with Gasteiger partial charge < -0.3 is 4.74 Å². The van der Waals surface area contributed by atoms with Gasteiger partial charge in [-0.15, -0.1) is 0 Å². The fourth-order valence-electron chi connectivity index (χ4n) is 5.52. The SMILES string of the molecule is O=C(C[C@H](c1ccc(-c2ccccc2)cc1)[C@@]1(Cc2ccccc2)N=C(c2ccccc2)OC1=O)c1ccccc1. The van der Waals surface area contributed by atoms with E-state index in [9.17, 15) is 9.59 Å². The lowest BCUT2D eigenvalue weighted by Crippen LogP contribution is -2.43. The predicted molar refractivity (Wildman–Crippen MR) is 162 cm³/mol. The fraction of sp³-hybridized carbons (Fsp3) is 0.108. The Bertz CT molecular complexity index is 1660. The van der Waals surface area contributed by atoms with Gasteiger partial charge in [0.15, 0.2) is 11.3 Å². The second-order valence-corrected chi connectivity index (χ2v) is 10.3. The number of rotatable bonds is 9. The van der Waals surface area contributed by atoms with Gasteiger partial charge in [-0.05, 0) is 34.4 Å². The summed E-state index contributed by atoms with van der Waals surface area (Å²) < 4.78 is 5.92. The van der Waals surface area contributed by atoms with E-state index in [0.29, 0.717) is 12.0 Å². The van der Waals surface area contributed by atoms with Crippen molar-refractivity contribution in [1.82, 2.24) is 0 Å². The summed E-state index contributed by atoms with van der Waals surface area (Å²) in [6.45, 7) is 0. The lowest BCUT2D eigenvalue weighted by Gasteiger charge is -2.32. The molecule has 6 rings (SSSR count). The van der Waals surface area contributed by atoms with E-state index < -0.39 is 17.4 Å². The van der Waals surface area contributed by atoms with Gasteiger partial charge in [-0.1, -0.05) is 133 Å². The Hall–Kier alpha value is -5.09. The van der Waals surface area contributed by atoms with Crippen molar-refractivity contribution in [2.24, 2.45) is 4.99 Å². The van der Waals surface area contributed by atoms with Crippen LogP contribution in [0.4, 0.5) is 0 Å². The predicted octanol–water partition coefficient (Wildman–Crippen LogP) is 7.70. The van der Waals surface area contributed by atoms with E-state index in [4.69, 9.17) is 9.73 Å². The molecule has 0 unspecified atom stereocenters. The Morgan fingerprint density at radius 2 is 1.15 bits per heavy atom. The van der Waals surface area contributed by atoms with Crippen LogP contribution in [0.5, 0.6) is 0 Å². The minimum absolute atomic E-state index is 0.0497. The highest BCUT2D eigenvalue weighted by atomic mass is 16.6. The van der Waals surface area contributed by atoms with Crippen molar-refractivity contribution in [3.63, 3.8) is 0 Å². The van der Waals surface area contributed by atoms with E-state index >= 15 is 0 Å². The van der Waals surface area contributed by atoms with Crippen LogP contribution >= 0.6 is 0 Å². The van der Waals surface area contributed by atoms with Gasteiger partial charge in [-0.3, -0.25) is 4.79 Å². The van der Waals surface area contributed by atoms with Gasteiger partial charge in [0.05, 0.1) is 0 Å². The summed E-state index contributed by atoms with van der Waals surface area (Å²) >= 11 is 0. The molecule has 0 aromatic heterocycles. The summed E-state index contributed by atoms with van der Waals surface area (Å²) in [5, 5.41) is 0. The van der Waals surface area contributed by atoms with Crippen LogP contribution in [0.25, 0.3) is 11.1 Å². The van der Waals surface area contributed by atoms with Gasteiger partial charge in [0.1, 0.15) is 0 Å². The fourth-order valence-corrected chi connectivity index (χ4v) is 5.52. The van der Waals surface area contributed by atoms with Gasteiger partial charge in [-0.25, -0.2) is 9.79 Å². The van der Waals surface area contributed by atoms with E-state index in [1.165, 1.54) is 0 Å². The van der Waals surface area contributed by atoms with Gasteiger partial charge in [0, 0.05) is 29.9 Å². The third-order valence-electron chi connectivity index (χ3n) is 7.66. The van der Waals surface area contributed by atoms with E-state index in [-0.39, 0.29) is 18.1 Å². The van der Waals surface area contributed by atoms with Crippen LogP contribution in [-0.2, 0) is 16.0 Å². The summed E-state index contributed by atoms with van der Waals surface area (Å²) in [5.74, 6) is -0.775. The molecule has 5 aromatic carbocycles. The maximum absolute atomic E-state index is 14.1. The molecule has 1 aliphatic heterocycles. The number of cyclic esters (lactones) is 1. The monoisotopic (exact) mass is 535 g/mol. The molecule has 4 nitrogen and oxygen atoms in total. The third kappa shape index (κ3) is 5.50. The van der Waals surface area contributed by atoms with Crippen molar-refractivity contribution >= 4 is 17.7 Å². The second-order valence-electron chi connectivity index (χ2n) is 10.3. The molecule has 1 heterocycles. The Morgan fingerprint density at radius 3 is 1.76 bits per heavy atom. The molecule has 1 aliphatic rings. The zero-order chi connectivity index (χ0) is 28.1. The van der Waals surface area contributed by atoms with Crippen LogP contribution < -0.4 is 0 Å². The molecule has 0 saturated heterocycles. The van der Waals surface area contributed by atoms with E-state index in [1.807, 2.05) is 133 Å². The lowest BCUT2D eigenvalue weighted by molar-refractivity contribution is -0.139. The summed E-state index contributed by atoms with van der Waals surface area (Å²) in [6.07, 6.45) is 0.401. The zero-order valence-corrected chi connectivity index (χ0v) is 22.5. The molecule has 0 spiro atoms. The summed E-state index contributed by atoms with van der Waals surface area (Å²) in [7, 11) is 0. The number of aliphatic imine (C=N–C) groups is 1. The smallest absolute Gasteiger partial charge is 0.341 e. The normalized spacial score (nSPS) is 17.0. The van der Waals surface area contributed by atoms with Gasteiger partial charge >= 0.3 is 5.97 Å². The van der Waals surface area contributed by atoms with Crippen LogP contribution in [0.15, 0.2) is 151 Å². The first-order valence-corrected chi connectivity index (χ1v) is 13.8. The minimum atomic E-state index is -1.33. The first-order valence-electron chi connectivity index (χ1n) is 13.8. The molecular formula is C37H29NO3. The van der Waals surface area contributed by atoms with Crippen LogP contribution in [0.2, 0.25) is 0 Å². The van der Waals surface area contributed by atoms with E-state index in [2.05, 4.69) is 12.1 Å².